The molecule has 2 amide bonds. The summed E-state index contributed by atoms with van der Waals surface area (Å²) in [5.41, 5.74) is 7.15. The molecule has 26 heavy (non-hydrogen) atoms. The van der Waals surface area contributed by atoms with E-state index in [1.54, 1.807) is 0 Å². The van der Waals surface area contributed by atoms with Crippen molar-refractivity contribution in [1.29, 1.82) is 5.26 Å². The molecule has 1 atom stereocenters. The average molecular weight is 358 g/mol. The fourth-order valence-corrected chi connectivity index (χ4v) is 2.39. The Kier molecular flexibility index (Phi) is 8.32. The summed E-state index contributed by atoms with van der Waals surface area (Å²) < 4.78 is 5.61. The van der Waals surface area contributed by atoms with Crippen molar-refractivity contribution in [2.45, 2.75) is 33.7 Å². The van der Waals surface area contributed by atoms with Gasteiger partial charge >= 0.3 is 0 Å². The topological polar surface area (TPSA) is 108 Å². The summed E-state index contributed by atoms with van der Waals surface area (Å²) in [4.78, 5) is 25.3. The number of benzene rings is 1. The summed E-state index contributed by atoms with van der Waals surface area (Å²) >= 11 is 0. The molecule has 3 N–H and O–H groups in total. The van der Waals surface area contributed by atoms with Gasteiger partial charge in [0.2, 0.25) is 5.91 Å². The number of carbonyl (C=O) groups excluding carboxylic acids is 2. The van der Waals surface area contributed by atoms with E-state index in [2.05, 4.69) is 5.32 Å². The number of rotatable bonds is 8. The Bertz CT molecular complexity index is 722. The summed E-state index contributed by atoms with van der Waals surface area (Å²) in [5.74, 6) is -0.171. The van der Waals surface area contributed by atoms with Gasteiger partial charge in [-0.05, 0) is 26.8 Å². The highest BCUT2D eigenvalue weighted by atomic mass is 16.5. The lowest BCUT2D eigenvalue weighted by Crippen LogP contribution is -2.32. The first-order chi connectivity index (χ1) is 12.3. The SMILES string of the molecule is CCOc1ccc(C)cc1C(C)NC(=O)/C(C#N)=C\N(CCN)C(C)=O. The van der Waals surface area contributed by atoms with Gasteiger partial charge in [-0.2, -0.15) is 5.26 Å². The first kappa shape index (κ1) is 21.2. The zero-order valence-electron chi connectivity index (χ0n) is 15.7. The molecular formula is C19H26N4O3. The van der Waals surface area contributed by atoms with E-state index >= 15 is 0 Å². The molecule has 0 aliphatic carbocycles. The summed E-state index contributed by atoms with van der Waals surface area (Å²) in [7, 11) is 0. The largest absolute Gasteiger partial charge is 0.494 e. The Morgan fingerprint density at radius 1 is 1.46 bits per heavy atom. The molecule has 0 heterocycles. The second kappa shape index (κ2) is 10.2. The number of amides is 2. The number of nitrogens with two attached hydrogens (primary N) is 1. The highest BCUT2D eigenvalue weighted by Gasteiger charge is 2.18. The van der Waals surface area contributed by atoms with Crippen LogP contribution >= 0.6 is 0 Å². The van der Waals surface area contributed by atoms with Gasteiger partial charge < -0.3 is 20.7 Å². The van der Waals surface area contributed by atoms with Gasteiger partial charge in [0, 0.05) is 31.8 Å². The smallest absolute Gasteiger partial charge is 0.263 e. The molecule has 7 nitrogen and oxygen atoms in total. The molecule has 140 valence electrons. The molecule has 1 aromatic carbocycles. The number of nitrogens with zero attached hydrogens (tertiary/aromatic N) is 2. The zero-order chi connectivity index (χ0) is 19.7. The summed E-state index contributed by atoms with van der Waals surface area (Å²) in [5, 5.41) is 12.1. The van der Waals surface area contributed by atoms with Crippen molar-refractivity contribution in [2.75, 3.05) is 19.7 Å². The lowest BCUT2D eigenvalue weighted by molar-refractivity contribution is -0.126. The summed E-state index contributed by atoms with van der Waals surface area (Å²) in [6.07, 6.45) is 1.23. The third-order valence-electron chi connectivity index (χ3n) is 3.70. The van der Waals surface area contributed by atoms with Crippen LogP contribution in [0.5, 0.6) is 5.75 Å². The van der Waals surface area contributed by atoms with Crippen molar-refractivity contribution in [3.8, 4) is 11.8 Å². The maximum atomic E-state index is 12.5. The van der Waals surface area contributed by atoms with Crippen LogP contribution in [-0.4, -0.2) is 36.4 Å². The Labute approximate surface area is 154 Å². The van der Waals surface area contributed by atoms with Crippen LogP contribution in [0.3, 0.4) is 0 Å². The maximum absolute atomic E-state index is 12.5. The standard InChI is InChI=1S/C19H26N4O3/c1-5-26-18-7-6-13(2)10-17(18)14(3)22-19(25)16(11-21)12-23(9-8-20)15(4)24/h6-7,10,12,14H,5,8-9,20H2,1-4H3,(H,22,25)/b16-12-. The average Bonchev–Trinajstić information content (AvgIpc) is 2.59. The lowest BCUT2D eigenvalue weighted by Gasteiger charge is -2.19. The number of nitriles is 1. The third kappa shape index (κ3) is 5.90. The number of nitrogens with one attached hydrogen (secondary N) is 1. The van der Waals surface area contributed by atoms with Gasteiger partial charge in [0.05, 0.1) is 12.6 Å². The van der Waals surface area contributed by atoms with Crippen LogP contribution in [0.4, 0.5) is 0 Å². The van der Waals surface area contributed by atoms with Crippen LogP contribution in [0.25, 0.3) is 0 Å². The minimum absolute atomic E-state index is 0.161. The predicted molar refractivity (Wildman–Crippen MR) is 99.0 cm³/mol. The van der Waals surface area contributed by atoms with E-state index in [9.17, 15) is 14.9 Å². The molecule has 1 aromatic rings. The van der Waals surface area contributed by atoms with Crippen molar-refractivity contribution < 1.29 is 14.3 Å². The van der Waals surface area contributed by atoms with Gasteiger partial charge in [0.1, 0.15) is 17.4 Å². The lowest BCUT2D eigenvalue weighted by atomic mass is 10.0. The summed E-state index contributed by atoms with van der Waals surface area (Å²) in [6, 6.07) is 7.18. The van der Waals surface area contributed by atoms with Crippen LogP contribution in [0, 0.1) is 18.3 Å². The van der Waals surface area contributed by atoms with E-state index in [0.29, 0.717) is 12.4 Å². The van der Waals surface area contributed by atoms with Crippen molar-refractivity contribution in [1.82, 2.24) is 10.2 Å². The van der Waals surface area contributed by atoms with Gasteiger partial charge in [0.15, 0.2) is 0 Å². The minimum Gasteiger partial charge on any atom is -0.494 e. The Hall–Kier alpha value is -2.85. The number of aryl methyl sites for hydroxylation is 1. The molecule has 0 saturated heterocycles. The summed E-state index contributed by atoms with van der Waals surface area (Å²) in [6.45, 7) is 7.97. The molecule has 0 spiro atoms. The fourth-order valence-electron chi connectivity index (χ4n) is 2.39. The van der Waals surface area contributed by atoms with E-state index in [1.807, 2.05) is 45.0 Å². The number of hydrogen-bond donors (Lipinski definition) is 2. The van der Waals surface area contributed by atoms with Gasteiger partial charge in [-0.3, -0.25) is 9.59 Å². The molecule has 0 fully saturated rings. The van der Waals surface area contributed by atoms with E-state index in [0.717, 1.165) is 11.1 Å². The van der Waals surface area contributed by atoms with E-state index in [-0.39, 0.29) is 30.6 Å². The molecule has 0 aliphatic rings. The molecule has 0 bridgehead atoms. The first-order valence-electron chi connectivity index (χ1n) is 8.47. The Morgan fingerprint density at radius 2 is 2.15 bits per heavy atom. The van der Waals surface area contributed by atoms with Crippen molar-refractivity contribution in [3.05, 3.63) is 41.1 Å². The van der Waals surface area contributed by atoms with E-state index < -0.39 is 5.91 Å². The fraction of sp³-hybridized carbons (Fsp3) is 0.421. The number of ether oxygens (including phenoxy) is 1. The van der Waals surface area contributed by atoms with Crippen molar-refractivity contribution >= 4 is 11.8 Å². The molecule has 1 rings (SSSR count). The van der Waals surface area contributed by atoms with Crippen molar-refractivity contribution in [2.24, 2.45) is 5.73 Å². The highest BCUT2D eigenvalue weighted by Crippen LogP contribution is 2.26. The first-order valence-corrected chi connectivity index (χ1v) is 8.47. The van der Waals surface area contributed by atoms with Crippen LogP contribution in [0.15, 0.2) is 30.0 Å². The molecule has 0 radical (unpaired) electrons. The minimum atomic E-state index is -0.563. The Morgan fingerprint density at radius 3 is 2.69 bits per heavy atom. The third-order valence-corrected chi connectivity index (χ3v) is 3.70. The second-order valence-corrected chi connectivity index (χ2v) is 5.83. The van der Waals surface area contributed by atoms with E-state index in [1.165, 1.54) is 18.0 Å². The van der Waals surface area contributed by atoms with Gasteiger partial charge in [-0.15, -0.1) is 0 Å². The van der Waals surface area contributed by atoms with Gasteiger partial charge in [-0.1, -0.05) is 17.7 Å². The zero-order valence-corrected chi connectivity index (χ0v) is 15.7. The molecular weight excluding hydrogens is 332 g/mol. The van der Waals surface area contributed by atoms with Crippen LogP contribution in [-0.2, 0) is 9.59 Å². The second-order valence-electron chi connectivity index (χ2n) is 5.83. The van der Waals surface area contributed by atoms with Gasteiger partial charge in [0.25, 0.3) is 5.91 Å². The molecule has 1 unspecified atom stereocenters. The highest BCUT2D eigenvalue weighted by molar-refractivity contribution is 5.97. The number of carbonyl (C=O) groups is 2. The predicted octanol–water partition coefficient (Wildman–Crippen LogP) is 1.79. The normalized spacial score (nSPS) is 12.1. The van der Waals surface area contributed by atoms with Crippen LogP contribution in [0.2, 0.25) is 0 Å². The monoisotopic (exact) mass is 358 g/mol. The molecule has 0 aliphatic heterocycles. The number of hydrogen-bond acceptors (Lipinski definition) is 5. The quantitative estimate of drug-likeness (QED) is 0.544. The van der Waals surface area contributed by atoms with E-state index in [4.69, 9.17) is 10.5 Å². The molecule has 0 aromatic heterocycles. The van der Waals surface area contributed by atoms with Gasteiger partial charge in [-0.25, -0.2) is 0 Å². The van der Waals surface area contributed by atoms with Crippen molar-refractivity contribution in [3.63, 3.8) is 0 Å². The van der Waals surface area contributed by atoms with Crippen LogP contribution in [0.1, 0.15) is 37.9 Å². The maximum Gasteiger partial charge on any atom is 0.263 e. The molecule has 0 saturated carbocycles. The molecule has 7 heteroatoms. The van der Waals surface area contributed by atoms with Crippen LogP contribution < -0.4 is 15.8 Å². The Balaban J connectivity index is 3.02.